The molecule has 0 spiro atoms. The van der Waals surface area contributed by atoms with Crippen molar-refractivity contribution in [2.45, 2.75) is 64.0 Å². The quantitative estimate of drug-likeness (QED) is 0.478. The second kappa shape index (κ2) is 10.9. The summed E-state index contributed by atoms with van der Waals surface area (Å²) in [7, 11) is 0. The van der Waals surface area contributed by atoms with Gasteiger partial charge in [0.15, 0.2) is 0 Å². The minimum Gasteiger partial charge on any atom is -0.350 e. The Bertz CT molecular complexity index is 1180. The van der Waals surface area contributed by atoms with E-state index in [0.717, 1.165) is 49.9 Å². The predicted octanol–water partition coefficient (Wildman–Crippen LogP) is 4.92. The standard InChI is InChI=1S/C28H37ClN6O/c1-21(2)33-15-17-34(18-16-33)28(11-5-3-4-6-12-28)20-32-26(36)22-19-35(27-30-13-8-14-31-27)24-10-7-9-23(29)25(22)24/h7-10,13-14,19,21H,3-6,11-12,15-18,20H2,1-2H3,(H,32,36). The highest BCUT2D eigenvalue weighted by atomic mass is 35.5. The number of halogens is 1. The highest BCUT2D eigenvalue weighted by molar-refractivity contribution is 6.37. The van der Waals surface area contributed by atoms with Crippen LogP contribution in [0.2, 0.25) is 5.02 Å². The molecular formula is C28H37ClN6O. The lowest BCUT2D eigenvalue weighted by Gasteiger charge is -2.48. The second-order valence-corrected chi connectivity index (χ2v) is 10.9. The Morgan fingerprint density at radius 2 is 1.72 bits per heavy atom. The lowest BCUT2D eigenvalue weighted by molar-refractivity contribution is 0.0126. The molecule has 2 aliphatic rings. The topological polar surface area (TPSA) is 66.3 Å². The highest BCUT2D eigenvalue weighted by Crippen LogP contribution is 2.34. The molecule has 3 heterocycles. The summed E-state index contributed by atoms with van der Waals surface area (Å²) < 4.78 is 1.85. The molecule has 7 nitrogen and oxygen atoms in total. The van der Waals surface area contributed by atoms with Gasteiger partial charge in [0.25, 0.3) is 5.91 Å². The summed E-state index contributed by atoms with van der Waals surface area (Å²) in [4.78, 5) is 27.7. The van der Waals surface area contributed by atoms with E-state index in [2.05, 4.69) is 38.9 Å². The average molecular weight is 509 g/mol. The molecule has 8 heteroatoms. The summed E-state index contributed by atoms with van der Waals surface area (Å²) in [6.07, 6.45) is 12.5. The summed E-state index contributed by atoms with van der Waals surface area (Å²) in [6, 6.07) is 8.03. The average Bonchev–Trinajstić information content (AvgIpc) is 3.14. The molecule has 1 aromatic carbocycles. The monoisotopic (exact) mass is 508 g/mol. The molecule has 0 atom stereocenters. The fourth-order valence-electron chi connectivity index (χ4n) is 6.04. The van der Waals surface area contributed by atoms with Gasteiger partial charge < -0.3 is 5.32 Å². The van der Waals surface area contributed by atoms with Gasteiger partial charge in [-0.15, -0.1) is 0 Å². The van der Waals surface area contributed by atoms with Crippen LogP contribution in [-0.2, 0) is 0 Å². The number of benzene rings is 1. The van der Waals surface area contributed by atoms with Crippen molar-refractivity contribution < 1.29 is 4.79 Å². The van der Waals surface area contributed by atoms with E-state index in [-0.39, 0.29) is 11.4 Å². The van der Waals surface area contributed by atoms with E-state index in [1.165, 1.54) is 25.7 Å². The fraction of sp³-hybridized carbons (Fsp3) is 0.536. The molecule has 1 aliphatic carbocycles. The van der Waals surface area contributed by atoms with Crippen LogP contribution >= 0.6 is 11.6 Å². The molecule has 2 aromatic heterocycles. The number of nitrogens with zero attached hydrogens (tertiary/aromatic N) is 5. The van der Waals surface area contributed by atoms with E-state index in [1.54, 1.807) is 18.5 Å². The number of piperazine rings is 1. The number of amides is 1. The van der Waals surface area contributed by atoms with Crippen LogP contribution < -0.4 is 5.32 Å². The Morgan fingerprint density at radius 1 is 1.03 bits per heavy atom. The minimum atomic E-state index is -0.0905. The van der Waals surface area contributed by atoms with Gasteiger partial charge in [-0.1, -0.05) is 43.4 Å². The van der Waals surface area contributed by atoms with Gasteiger partial charge in [0.1, 0.15) is 0 Å². The first-order chi connectivity index (χ1) is 17.5. The van der Waals surface area contributed by atoms with Gasteiger partial charge in [0, 0.05) is 68.3 Å². The number of fused-ring (bicyclic) bond motifs is 1. The summed E-state index contributed by atoms with van der Waals surface area (Å²) >= 11 is 6.62. The molecule has 36 heavy (non-hydrogen) atoms. The Balaban J connectivity index is 1.41. The molecule has 5 rings (SSSR count). The molecule has 0 radical (unpaired) electrons. The zero-order valence-corrected chi connectivity index (χ0v) is 22.2. The number of carbonyl (C=O) groups is 1. The van der Waals surface area contributed by atoms with Gasteiger partial charge in [-0.3, -0.25) is 19.2 Å². The van der Waals surface area contributed by atoms with E-state index in [9.17, 15) is 4.79 Å². The Kier molecular flexibility index (Phi) is 7.60. The Hall–Kier alpha value is -2.48. The first kappa shape index (κ1) is 25.2. The molecule has 0 unspecified atom stereocenters. The van der Waals surface area contributed by atoms with Crippen LogP contribution in [0.5, 0.6) is 0 Å². The molecule has 1 saturated carbocycles. The van der Waals surface area contributed by atoms with Crippen LogP contribution in [0.3, 0.4) is 0 Å². The van der Waals surface area contributed by atoms with E-state index >= 15 is 0 Å². The SMILES string of the molecule is CC(C)N1CCN(C2(CNC(=O)c3cn(-c4ncccn4)c4cccc(Cl)c34)CCCCCC2)CC1. The molecule has 0 bridgehead atoms. The number of hydrogen-bond acceptors (Lipinski definition) is 5. The van der Waals surface area contributed by atoms with Crippen molar-refractivity contribution in [1.29, 1.82) is 0 Å². The van der Waals surface area contributed by atoms with Gasteiger partial charge in [-0.05, 0) is 44.9 Å². The normalized spacial score (nSPS) is 19.4. The smallest absolute Gasteiger partial charge is 0.253 e. The zero-order chi connectivity index (χ0) is 25.1. The Morgan fingerprint density at radius 3 is 2.39 bits per heavy atom. The maximum absolute atomic E-state index is 13.7. The molecule has 1 amide bonds. The van der Waals surface area contributed by atoms with Crippen molar-refractivity contribution in [3.8, 4) is 5.95 Å². The number of rotatable bonds is 6. The largest absolute Gasteiger partial charge is 0.350 e. The summed E-state index contributed by atoms with van der Waals surface area (Å²) in [5, 5.41) is 4.64. The third-order valence-corrected chi connectivity index (χ3v) is 8.43. The summed E-state index contributed by atoms with van der Waals surface area (Å²) in [5.41, 5.74) is 1.41. The molecular weight excluding hydrogens is 472 g/mol. The van der Waals surface area contributed by atoms with Crippen LogP contribution in [0.15, 0.2) is 42.9 Å². The van der Waals surface area contributed by atoms with Crippen molar-refractivity contribution in [3.05, 3.63) is 53.4 Å². The van der Waals surface area contributed by atoms with Crippen LogP contribution in [0.4, 0.5) is 0 Å². The predicted molar refractivity (Wildman–Crippen MR) is 145 cm³/mol. The van der Waals surface area contributed by atoms with Crippen molar-refractivity contribution >= 4 is 28.4 Å². The second-order valence-electron chi connectivity index (χ2n) is 10.5. The highest BCUT2D eigenvalue weighted by Gasteiger charge is 2.39. The van der Waals surface area contributed by atoms with Crippen LogP contribution in [-0.4, -0.2) is 74.5 Å². The summed E-state index contributed by atoms with van der Waals surface area (Å²) in [5.74, 6) is 0.430. The van der Waals surface area contributed by atoms with Gasteiger partial charge in [0.2, 0.25) is 5.95 Å². The molecule has 1 N–H and O–H groups in total. The molecule has 1 aliphatic heterocycles. The third kappa shape index (κ3) is 5.01. The molecule has 192 valence electrons. The van der Waals surface area contributed by atoms with Crippen molar-refractivity contribution in [2.24, 2.45) is 0 Å². The summed E-state index contributed by atoms with van der Waals surface area (Å²) in [6.45, 7) is 9.52. The fourth-order valence-corrected chi connectivity index (χ4v) is 6.31. The first-order valence-electron chi connectivity index (χ1n) is 13.3. The van der Waals surface area contributed by atoms with Gasteiger partial charge in [-0.25, -0.2) is 9.97 Å². The number of carbonyl (C=O) groups excluding carboxylic acids is 1. The Labute approximate surface area is 218 Å². The number of hydrogen-bond donors (Lipinski definition) is 1. The van der Waals surface area contributed by atoms with Crippen molar-refractivity contribution in [1.82, 2.24) is 29.7 Å². The maximum Gasteiger partial charge on any atom is 0.253 e. The number of nitrogens with one attached hydrogen (secondary N) is 1. The van der Waals surface area contributed by atoms with Gasteiger partial charge in [0.05, 0.1) is 16.1 Å². The van der Waals surface area contributed by atoms with Crippen LogP contribution in [0.1, 0.15) is 62.7 Å². The number of aromatic nitrogens is 3. The van der Waals surface area contributed by atoms with E-state index in [4.69, 9.17) is 11.6 Å². The lowest BCUT2D eigenvalue weighted by atomic mass is 9.87. The van der Waals surface area contributed by atoms with E-state index in [1.807, 2.05) is 29.0 Å². The van der Waals surface area contributed by atoms with Crippen LogP contribution in [0, 0.1) is 0 Å². The molecule has 2 fully saturated rings. The third-order valence-electron chi connectivity index (χ3n) is 8.12. The van der Waals surface area contributed by atoms with Crippen molar-refractivity contribution in [3.63, 3.8) is 0 Å². The molecule has 3 aromatic rings. The van der Waals surface area contributed by atoms with E-state index < -0.39 is 0 Å². The lowest BCUT2D eigenvalue weighted by Crippen LogP contribution is -2.61. The van der Waals surface area contributed by atoms with E-state index in [0.29, 0.717) is 29.1 Å². The van der Waals surface area contributed by atoms with Crippen molar-refractivity contribution in [2.75, 3.05) is 32.7 Å². The van der Waals surface area contributed by atoms with Gasteiger partial charge >= 0.3 is 0 Å². The molecule has 1 saturated heterocycles. The van der Waals surface area contributed by atoms with Gasteiger partial charge in [-0.2, -0.15) is 0 Å². The zero-order valence-electron chi connectivity index (χ0n) is 21.4. The maximum atomic E-state index is 13.7. The first-order valence-corrected chi connectivity index (χ1v) is 13.7. The van der Waals surface area contributed by atoms with Crippen LogP contribution in [0.25, 0.3) is 16.9 Å². The minimum absolute atomic E-state index is 0.0138.